The molecule has 8 heteroatoms. The van der Waals surface area contributed by atoms with Crippen LogP contribution in [0.3, 0.4) is 0 Å². The third-order valence-corrected chi connectivity index (χ3v) is 6.27. The first kappa shape index (κ1) is 15.4. The molecule has 1 amide bonds. The molecule has 0 bridgehead atoms. The molecule has 0 spiro atoms. The van der Waals surface area contributed by atoms with E-state index in [1.165, 1.54) is 25.7 Å². The van der Waals surface area contributed by atoms with E-state index >= 15 is 0 Å². The number of hydrogen-bond acceptors (Lipinski definition) is 4. The molecule has 2 saturated carbocycles. The Morgan fingerprint density at radius 3 is 2.38 bits per heavy atom. The van der Waals surface area contributed by atoms with E-state index in [0.29, 0.717) is 12.5 Å². The van der Waals surface area contributed by atoms with Crippen LogP contribution in [0.25, 0.3) is 0 Å². The average Bonchev–Trinajstić information content (AvgIpc) is 3.28. The minimum atomic E-state index is -3.93. The fourth-order valence-electron chi connectivity index (χ4n) is 2.69. The third-order valence-electron chi connectivity index (χ3n) is 4.10. The Hall–Kier alpha value is -0.530. The highest BCUT2D eigenvalue weighted by molar-refractivity contribution is 9.10. The highest BCUT2D eigenvalue weighted by Gasteiger charge is 2.41. The Bertz CT molecular complexity index is 652. The second kappa shape index (κ2) is 5.59. The van der Waals surface area contributed by atoms with Crippen LogP contribution < -0.4 is 5.32 Å². The van der Waals surface area contributed by atoms with Crippen LogP contribution in [-0.2, 0) is 9.05 Å². The Morgan fingerprint density at radius 2 is 1.95 bits per heavy atom. The van der Waals surface area contributed by atoms with E-state index in [0.717, 1.165) is 17.9 Å². The van der Waals surface area contributed by atoms with E-state index in [1.807, 2.05) is 0 Å². The normalized spacial score (nSPS) is 19.0. The average molecular weight is 397 g/mol. The van der Waals surface area contributed by atoms with Crippen LogP contribution in [0.5, 0.6) is 0 Å². The third kappa shape index (κ3) is 3.63. The topological polar surface area (TPSA) is 76.4 Å². The zero-order valence-corrected chi connectivity index (χ0v) is 14.3. The summed E-state index contributed by atoms with van der Waals surface area (Å²) in [6, 6.07) is 1.14. The van der Waals surface area contributed by atoms with Crippen molar-refractivity contribution >= 4 is 41.6 Å². The summed E-state index contributed by atoms with van der Waals surface area (Å²) >= 11 is 2.96. The van der Waals surface area contributed by atoms with Gasteiger partial charge in [0.2, 0.25) is 0 Å². The molecule has 1 heterocycles. The monoisotopic (exact) mass is 395 g/mol. The Labute approximate surface area is 136 Å². The summed E-state index contributed by atoms with van der Waals surface area (Å²) in [6.07, 6.45) is 4.99. The van der Waals surface area contributed by atoms with Crippen molar-refractivity contribution in [2.75, 3.05) is 6.54 Å². The van der Waals surface area contributed by atoms with Crippen LogP contribution in [0.1, 0.15) is 36.2 Å². The van der Waals surface area contributed by atoms with E-state index in [1.54, 1.807) is 0 Å². The van der Waals surface area contributed by atoms with Crippen LogP contribution >= 0.6 is 26.6 Å². The molecule has 2 fully saturated rings. The number of halogens is 2. The van der Waals surface area contributed by atoms with Gasteiger partial charge < -0.3 is 9.73 Å². The quantitative estimate of drug-likeness (QED) is 0.750. The largest absolute Gasteiger partial charge is 0.443 e. The van der Waals surface area contributed by atoms with Crippen LogP contribution in [0.2, 0.25) is 0 Å². The summed E-state index contributed by atoms with van der Waals surface area (Å²) in [5, 5.41) is 2.84. The zero-order valence-electron chi connectivity index (χ0n) is 11.1. The van der Waals surface area contributed by atoms with Gasteiger partial charge in [0.15, 0.2) is 10.4 Å². The first-order valence-electron chi connectivity index (χ1n) is 6.88. The van der Waals surface area contributed by atoms with Gasteiger partial charge in [-0.05, 0) is 59.4 Å². The van der Waals surface area contributed by atoms with Crippen LogP contribution in [0.15, 0.2) is 20.0 Å². The molecule has 0 unspecified atom stereocenters. The van der Waals surface area contributed by atoms with E-state index in [2.05, 4.69) is 21.2 Å². The zero-order chi connectivity index (χ0) is 15.2. The van der Waals surface area contributed by atoms with Crippen LogP contribution in [-0.4, -0.2) is 20.9 Å². The molecular weight excluding hydrogens is 382 g/mol. The Morgan fingerprint density at radius 1 is 1.38 bits per heavy atom. The van der Waals surface area contributed by atoms with Crippen LogP contribution in [0, 0.1) is 17.8 Å². The van der Waals surface area contributed by atoms with E-state index in [9.17, 15) is 13.2 Å². The summed E-state index contributed by atoms with van der Waals surface area (Å²) in [5.74, 6) is 1.56. The fraction of sp³-hybridized carbons (Fsp3) is 0.615. The van der Waals surface area contributed by atoms with Crippen molar-refractivity contribution in [2.45, 2.75) is 30.6 Å². The number of furan rings is 1. The number of carbonyl (C=O) groups excluding carboxylic acids is 1. The molecule has 1 N–H and O–H groups in total. The van der Waals surface area contributed by atoms with Gasteiger partial charge in [0, 0.05) is 23.3 Å². The lowest BCUT2D eigenvalue weighted by atomic mass is 9.98. The Balaban J connectivity index is 1.65. The summed E-state index contributed by atoms with van der Waals surface area (Å²) in [7, 11) is 1.33. The van der Waals surface area contributed by atoms with Gasteiger partial charge in [-0.3, -0.25) is 4.79 Å². The maximum Gasteiger partial charge on any atom is 0.287 e. The summed E-state index contributed by atoms with van der Waals surface area (Å²) in [4.78, 5) is 11.8. The SMILES string of the molecule is O=C(NCC(C1CC1)C1CC1)c1cc(S(=O)(=O)Cl)c(Br)o1. The molecule has 0 atom stereocenters. The van der Waals surface area contributed by atoms with E-state index in [-0.39, 0.29) is 15.3 Å². The minimum Gasteiger partial charge on any atom is -0.443 e. The molecule has 5 nitrogen and oxygen atoms in total. The maximum atomic E-state index is 12.1. The lowest BCUT2D eigenvalue weighted by Crippen LogP contribution is -2.30. The Kier molecular flexibility index (Phi) is 4.09. The number of hydrogen-bond donors (Lipinski definition) is 1. The summed E-state index contributed by atoms with van der Waals surface area (Å²) < 4.78 is 27.7. The molecule has 21 heavy (non-hydrogen) atoms. The summed E-state index contributed by atoms with van der Waals surface area (Å²) in [5.41, 5.74) is 0. The molecule has 0 saturated heterocycles. The van der Waals surface area contributed by atoms with Crippen molar-refractivity contribution in [3.63, 3.8) is 0 Å². The molecule has 116 valence electrons. The van der Waals surface area contributed by atoms with E-state index < -0.39 is 15.0 Å². The predicted octanol–water partition coefficient (Wildman–Crippen LogP) is 3.14. The smallest absolute Gasteiger partial charge is 0.287 e. The maximum absolute atomic E-state index is 12.1. The first-order chi connectivity index (χ1) is 9.86. The molecule has 3 rings (SSSR count). The number of rotatable bonds is 6. The molecular formula is C13H15BrClNO4S. The molecule has 2 aliphatic rings. The number of amides is 1. The fourth-order valence-corrected chi connectivity index (χ4v) is 4.73. The predicted molar refractivity (Wildman–Crippen MR) is 80.7 cm³/mol. The van der Waals surface area contributed by atoms with Gasteiger partial charge >= 0.3 is 0 Å². The molecule has 2 aliphatic carbocycles. The lowest BCUT2D eigenvalue weighted by Gasteiger charge is -2.15. The highest BCUT2D eigenvalue weighted by atomic mass is 79.9. The second-order valence-electron chi connectivity index (χ2n) is 5.74. The second-order valence-corrected chi connectivity index (χ2v) is 8.99. The summed E-state index contributed by atoms with van der Waals surface area (Å²) in [6.45, 7) is 0.620. The highest BCUT2D eigenvalue weighted by Crippen LogP contribution is 2.48. The molecule has 0 aromatic carbocycles. The van der Waals surface area contributed by atoms with Crippen molar-refractivity contribution in [3.05, 3.63) is 16.5 Å². The van der Waals surface area contributed by atoms with Gasteiger partial charge in [0.1, 0.15) is 4.90 Å². The van der Waals surface area contributed by atoms with Crippen molar-refractivity contribution in [2.24, 2.45) is 17.8 Å². The van der Waals surface area contributed by atoms with E-state index in [4.69, 9.17) is 15.1 Å². The van der Waals surface area contributed by atoms with Crippen molar-refractivity contribution in [3.8, 4) is 0 Å². The first-order valence-corrected chi connectivity index (χ1v) is 9.98. The van der Waals surface area contributed by atoms with Gasteiger partial charge in [-0.25, -0.2) is 8.42 Å². The van der Waals surface area contributed by atoms with Crippen molar-refractivity contribution < 1.29 is 17.6 Å². The van der Waals surface area contributed by atoms with Crippen molar-refractivity contribution in [1.82, 2.24) is 5.32 Å². The minimum absolute atomic E-state index is 0.0496. The van der Waals surface area contributed by atoms with Crippen molar-refractivity contribution in [1.29, 1.82) is 0 Å². The molecule has 0 aliphatic heterocycles. The molecule has 0 radical (unpaired) electrons. The number of nitrogens with one attached hydrogen (secondary N) is 1. The van der Waals surface area contributed by atoms with Gasteiger partial charge in [0.25, 0.3) is 15.0 Å². The molecule has 1 aromatic rings. The van der Waals surface area contributed by atoms with Gasteiger partial charge in [-0.2, -0.15) is 0 Å². The van der Waals surface area contributed by atoms with Crippen LogP contribution in [0.4, 0.5) is 0 Å². The van der Waals surface area contributed by atoms with Gasteiger partial charge in [-0.1, -0.05) is 0 Å². The number of carbonyl (C=O) groups is 1. The molecule has 1 aromatic heterocycles. The standard InChI is InChI=1S/C13H15BrClNO4S/c14-12-11(21(15,18)19)5-10(20-12)13(17)16-6-9(7-1-2-7)8-3-4-8/h5,7-9H,1-4,6H2,(H,16,17). The van der Waals surface area contributed by atoms with Gasteiger partial charge in [0.05, 0.1) is 0 Å². The lowest BCUT2D eigenvalue weighted by molar-refractivity contribution is 0.0914. The van der Waals surface area contributed by atoms with Gasteiger partial charge in [-0.15, -0.1) is 0 Å².